The first-order valence-corrected chi connectivity index (χ1v) is 16.3. The molecule has 0 saturated heterocycles. The van der Waals surface area contributed by atoms with Crippen LogP contribution in [0.15, 0.2) is 71.4 Å². The molecular weight excluding hydrogens is 504 g/mol. The highest BCUT2D eigenvalue weighted by atomic mass is 32.2. The zero-order valence-electron chi connectivity index (χ0n) is 27.4. The maximum absolute atomic E-state index is 4.99. The lowest BCUT2D eigenvalue weighted by molar-refractivity contribution is 0.296. The zero-order chi connectivity index (χ0) is 30.0. The summed E-state index contributed by atoms with van der Waals surface area (Å²) in [6.07, 6.45) is 14.4. The topological polar surface area (TPSA) is 17.8 Å². The van der Waals surface area contributed by atoms with Gasteiger partial charge in [0.1, 0.15) is 5.82 Å². The fourth-order valence-electron chi connectivity index (χ4n) is 5.74. The molecular formula is C37H54N2S. The lowest BCUT2D eigenvalue weighted by Gasteiger charge is -2.37. The van der Waals surface area contributed by atoms with Crippen LogP contribution in [0.4, 0.5) is 0 Å². The Balaban J connectivity index is 0.00000134. The molecule has 4 rings (SSSR count). The molecule has 0 saturated carbocycles. The minimum Gasteiger partial charge on any atom is -0.299 e. The molecule has 0 amide bonds. The van der Waals surface area contributed by atoms with Gasteiger partial charge in [0.05, 0.1) is 5.69 Å². The Hall–Kier alpha value is -2.52. The Morgan fingerprint density at radius 2 is 1.65 bits per heavy atom. The highest BCUT2D eigenvalue weighted by Gasteiger charge is 2.34. The summed E-state index contributed by atoms with van der Waals surface area (Å²) in [6, 6.07) is 11.7. The standard InChI is InChI=1S/C33H42N2S.2C2H6/c1-9-26(7)33(8,10-2)30-16-15-28(36-27-13-11-22(3)12-14-27)21-29(30)32-34-17-18-35(32)31-24(5)19-23(4)20-25(31)6;2*1-2/h11-13,15-21,26-27H,9-10,14H2,1-8H3;2*1-2H3/t26-,27?,33?;;/m1../s1. The predicted molar refractivity (Wildman–Crippen MR) is 180 cm³/mol. The molecule has 1 aliphatic rings. The first-order chi connectivity index (χ1) is 19.2. The zero-order valence-corrected chi connectivity index (χ0v) is 28.2. The van der Waals surface area contributed by atoms with E-state index in [1.165, 1.54) is 44.0 Å². The number of nitrogens with zero attached hydrogens (tertiary/aromatic N) is 2. The van der Waals surface area contributed by atoms with Gasteiger partial charge in [-0.3, -0.25) is 4.57 Å². The van der Waals surface area contributed by atoms with E-state index < -0.39 is 0 Å². The monoisotopic (exact) mass is 558 g/mol. The average molecular weight is 559 g/mol. The Morgan fingerprint density at radius 1 is 1.00 bits per heavy atom. The molecule has 0 bridgehead atoms. The number of imidazole rings is 1. The van der Waals surface area contributed by atoms with Crippen LogP contribution >= 0.6 is 11.8 Å². The van der Waals surface area contributed by atoms with Crippen LogP contribution in [0.25, 0.3) is 17.1 Å². The van der Waals surface area contributed by atoms with Crippen LogP contribution in [0, 0.1) is 26.7 Å². The van der Waals surface area contributed by atoms with Gasteiger partial charge in [0.25, 0.3) is 0 Å². The molecule has 40 heavy (non-hydrogen) atoms. The number of aryl methyl sites for hydroxylation is 3. The molecule has 2 unspecified atom stereocenters. The van der Waals surface area contributed by atoms with E-state index in [1.54, 1.807) is 0 Å². The highest BCUT2D eigenvalue weighted by molar-refractivity contribution is 8.00. The van der Waals surface area contributed by atoms with E-state index in [4.69, 9.17) is 4.98 Å². The van der Waals surface area contributed by atoms with Gasteiger partial charge in [0.2, 0.25) is 0 Å². The molecule has 1 aliphatic carbocycles. The molecule has 2 aromatic carbocycles. The van der Waals surface area contributed by atoms with Crippen LogP contribution in [0.1, 0.15) is 104 Å². The first kappa shape index (κ1) is 33.7. The van der Waals surface area contributed by atoms with Crippen molar-refractivity contribution in [2.45, 2.75) is 118 Å². The van der Waals surface area contributed by atoms with E-state index in [2.05, 4.69) is 115 Å². The van der Waals surface area contributed by atoms with Crippen molar-refractivity contribution in [2.24, 2.45) is 5.92 Å². The number of allylic oxidation sites excluding steroid dienone is 3. The Bertz CT molecular complexity index is 1270. The molecule has 0 aliphatic heterocycles. The number of benzene rings is 2. The quantitative estimate of drug-likeness (QED) is 0.274. The molecule has 0 radical (unpaired) electrons. The van der Waals surface area contributed by atoms with Crippen molar-refractivity contribution in [1.82, 2.24) is 9.55 Å². The third-order valence-corrected chi connectivity index (χ3v) is 9.51. The number of hydrogen-bond acceptors (Lipinski definition) is 2. The average Bonchev–Trinajstić information content (AvgIpc) is 3.44. The van der Waals surface area contributed by atoms with Crippen LogP contribution in [0.5, 0.6) is 0 Å². The first-order valence-electron chi connectivity index (χ1n) is 15.5. The largest absolute Gasteiger partial charge is 0.299 e. The summed E-state index contributed by atoms with van der Waals surface area (Å²) >= 11 is 1.96. The maximum atomic E-state index is 4.99. The van der Waals surface area contributed by atoms with Gasteiger partial charge < -0.3 is 0 Å². The Kier molecular flexibility index (Phi) is 13.0. The van der Waals surface area contributed by atoms with Gasteiger partial charge in [0, 0.05) is 28.1 Å². The number of hydrogen-bond donors (Lipinski definition) is 0. The van der Waals surface area contributed by atoms with Crippen molar-refractivity contribution in [3.05, 3.63) is 88.8 Å². The molecule has 3 atom stereocenters. The van der Waals surface area contributed by atoms with Crippen molar-refractivity contribution >= 4 is 11.8 Å². The molecule has 0 fully saturated rings. The summed E-state index contributed by atoms with van der Waals surface area (Å²) in [5.74, 6) is 1.61. The normalized spacial score (nSPS) is 16.6. The summed E-state index contributed by atoms with van der Waals surface area (Å²) in [5, 5.41) is 0.473. The van der Waals surface area contributed by atoms with Crippen LogP contribution < -0.4 is 0 Å². The van der Waals surface area contributed by atoms with Crippen LogP contribution in [0.2, 0.25) is 0 Å². The number of thioether (sulfide) groups is 1. The summed E-state index contributed by atoms with van der Waals surface area (Å²) < 4.78 is 2.32. The number of rotatable bonds is 8. The molecule has 0 N–H and O–H groups in total. The van der Waals surface area contributed by atoms with Crippen molar-refractivity contribution in [2.75, 3.05) is 0 Å². The number of aromatic nitrogens is 2. The van der Waals surface area contributed by atoms with E-state index in [1.807, 2.05) is 45.7 Å². The molecule has 1 heterocycles. The van der Waals surface area contributed by atoms with Gasteiger partial charge in [-0.2, -0.15) is 0 Å². The Morgan fingerprint density at radius 3 is 2.20 bits per heavy atom. The van der Waals surface area contributed by atoms with Crippen molar-refractivity contribution < 1.29 is 0 Å². The molecule has 3 aromatic rings. The van der Waals surface area contributed by atoms with E-state index in [0.717, 1.165) is 25.1 Å². The summed E-state index contributed by atoms with van der Waals surface area (Å²) in [6.45, 7) is 26.3. The van der Waals surface area contributed by atoms with Crippen LogP contribution in [-0.4, -0.2) is 14.8 Å². The third-order valence-electron chi connectivity index (χ3n) is 8.33. The van der Waals surface area contributed by atoms with Gasteiger partial charge in [-0.1, -0.05) is 109 Å². The summed E-state index contributed by atoms with van der Waals surface area (Å²) in [5.41, 5.74) is 9.23. The Labute approximate surface area is 250 Å². The molecule has 2 nitrogen and oxygen atoms in total. The van der Waals surface area contributed by atoms with Gasteiger partial charge in [-0.05, 0) is 80.7 Å². The van der Waals surface area contributed by atoms with Crippen molar-refractivity contribution in [3.8, 4) is 17.1 Å². The van der Waals surface area contributed by atoms with E-state index in [9.17, 15) is 0 Å². The molecule has 1 aromatic heterocycles. The van der Waals surface area contributed by atoms with E-state index >= 15 is 0 Å². The smallest absolute Gasteiger partial charge is 0.144 e. The van der Waals surface area contributed by atoms with E-state index in [-0.39, 0.29) is 5.41 Å². The second-order valence-electron chi connectivity index (χ2n) is 10.9. The maximum Gasteiger partial charge on any atom is 0.144 e. The SMILES string of the molecule is CC.CC.CC[C@@H](C)C(C)(CC)c1ccc(SC2C=CC(C)=CC2)cc1-c1nccn1-c1c(C)cc(C)cc1C. The minimum atomic E-state index is 0.0754. The lowest BCUT2D eigenvalue weighted by atomic mass is 9.68. The molecule has 218 valence electrons. The third kappa shape index (κ3) is 7.40. The fraction of sp³-hybridized carbons (Fsp3) is 0.486. The van der Waals surface area contributed by atoms with E-state index in [0.29, 0.717) is 11.2 Å². The minimum absolute atomic E-state index is 0.0754. The molecule has 3 heteroatoms. The predicted octanol–water partition coefficient (Wildman–Crippen LogP) is 11.6. The van der Waals surface area contributed by atoms with Gasteiger partial charge in [-0.15, -0.1) is 11.8 Å². The van der Waals surface area contributed by atoms with Crippen molar-refractivity contribution in [1.29, 1.82) is 0 Å². The van der Waals surface area contributed by atoms with Crippen LogP contribution in [-0.2, 0) is 5.41 Å². The van der Waals surface area contributed by atoms with Gasteiger partial charge >= 0.3 is 0 Å². The second-order valence-corrected chi connectivity index (χ2v) is 12.2. The van der Waals surface area contributed by atoms with Gasteiger partial charge in [0.15, 0.2) is 0 Å². The summed E-state index contributed by atoms with van der Waals surface area (Å²) in [7, 11) is 0. The second kappa shape index (κ2) is 15.5. The van der Waals surface area contributed by atoms with Gasteiger partial charge in [-0.25, -0.2) is 4.98 Å². The molecule has 0 spiro atoms. The highest BCUT2D eigenvalue weighted by Crippen LogP contribution is 2.44. The summed E-state index contributed by atoms with van der Waals surface area (Å²) in [4.78, 5) is 6.30. The fourth-order valence-corrected chi connectivity index (χ4v) is 6.77. The van der Waals surface area contributed by atoms with Crippen LogP contribution in [0.3, 0.4) is 0 Å². The lowest BCUT2D eigenvalue weighted by Crippen LogP contribution is -2.30. The van der Waals surface area contributed by atoms with Crippen molar-refractivity contribution in [3.63, 3.8) is 0 Å².